The highest BCUT2D eigenvalue weighted by Crippen LogP contribution is 2.35. The first kappa shape index (κ1) is 28.3. The van der Waals surface area contributed by atoms with Crippen LogP contribution in [0.1, 0.15) is 23.2 Å². The third-order valence-corrected chi connectivity index (χ3v) is 6.42. The van der Waals surface area contributed by atoms with Crippen LogP contribution in [-0.2, 0) is 29.0 Å². The molecule has 8 nitrogen and oxygen atoms in total. The van der Waals surface area contributed by atoms with E-state index in [1.165, 1.54) is 27.9 Å². The summed E-state index contributed by atoms with van der Waals surface area (Å²) in [5.74, 6) is -3.65. The van der Waals surface area contributed by atoms with Gasteiger partial charge in [-0.15, -0.1) is 0 Å². The van der Waals surface area contributed by atoms with E-state index in [4.69, 9.17) is 24.8 Å². The molecule has 4 N–H and O–H groups in total. The van der Waals surface area contributed by atoms with Gasteiger partial charge in [-0.3, -0.25) is 4.98 Å². The molecule has 3 aromatic carbocycles. The molecule has 1 aliphatic heterocycles. The number of rotatable bonds is 6. The third kappa shape index (κ3) is 7.15. The van der Waals surface area contributed by atoms with E-state index in [1.54, 1.807) is 0 Å². The lowest BCUT2D eigenvalue weighted by atomic mass is 10.0. The van der Waals surface area contributed by atoms with Crippen molar-refractivity contribution in [2.75, 3.05) is 25.0 Å². The number of anilines is 2. The molecule has 8 heteroatoms. The Morgan fingerprint density at radius 3 is 1.97 bits per heavy atom. The zero-order valence-corrected chi connectivity index (χ0v) is 21.4. The zero-order valence-electron chi connectivity index (χ0n) is 21.4. The van der Waals surface area contributed by atoms with E-state index in [2.05, 4.69) is 102 Å². The number of carboxylic acid groups (broad SMARTS) is 2. The van der Waals surface area contributed by atoms with Gasteiger partial charge in [0.25, 0.3) is 0 Å². The Morgan fingerprint density at radius 1 is 0.816 bits per heavy atom. The first-order valence-corrected chi connectivity index (χ1v) is 12.3. The maximum Gasteiger partial charge on any atom is 0.414 e. The van der Waals surface area contributed by atoms with Crippen LogP contribution in [0.25, 0.3) is 10.9 Å². The number of aromatic nitrogens is 1. The monoisotopic (exact) mass is 515 g/mol. The van der Waals surface area contributed by atoms with Crippen molar-refractivity contribution in [1.29, 1.82) is 0 Å². The van der Waals surface area contributed by atoms with Crippen molar-refractivity contribution < 1.29 is 25.3 Å². The van der Waals surface area contributed by atoms with E-state index in [0.29, 0.717) is 0 Å². The summed E-state index contributed by atoms with van der Waals surface area (Å²) in [4.78, 5) is 27.9. The number of aryl methyl sites for hydroxylation is 2. The van der Waals surface area contributed by atoms with Crippen molar-refractivity contribution in [3.05, 3.63) is 102 Å². The maximum absolute atomic E-state index is 9.10. The zero-order chi connectivity index (χ0) is 26.2. The molecule has 38 heavy (non-hydrogen) atoms. The summed E-state index contributed by atoms with van der Waals surface area (Å²) in [5, 5.41) is 16.0. The van der Waals surface area contributed by atoms with Crippen LogP contribution in [0.4, 0.5) is 11.4 Å². The summed E-state index contributed by atoms with van der Waals surface area (Å²) in [6, 6.07) is 30.4. The fourth-order valence-corrected chi connectivity index (χ4v) is 4.66. The number of hydrogen-bond donors (Lipinski definition) is 2. The highest BCUT2D eigenvalue weighted by atomic mass is 16.4. The predicted octanol–water partition coefficient (Wildman–Crippen LogP) is 4.32. The van der Waals surface area contributed by atoms with Crippen LogP contribution in [0.5, 0.6) is 0 Å². The lowest BCUT2D eigenvalue weighted by Gasteiger charge is -2.28. The Kier molecular flexibility index (Phi) is 9.92. The van der Waals surface area contributed by atoms with Gasteiger partial charge >= 0.3 is 11.9 Å². The predicted molar refractivity (Wildman–Crippen MR) is 149 cm³/mol. The van der Waals surface area contributed by atoms with Gasteiger partial charge in [0.15, 0.2) is 0 Å². The molecule has 0 spiro atoms. The molecule has 0 unspecified atom stereocenters. The standard InChI is InChI=1S/C28H29N3.C2H2O4.H2O/c1-30(21-25-18-17-22-9-2-5-12-26(22)29-25)19-8-20-31-27-13-6-3-10-23(27)15-16-24-11-4-7-14-28(24)31;3-1(4)2(5)6;/h2-7,9-14,17-18H,8,15-16,19-21H2,1H3;(H,3,4)(H,5,6);1H2. The maximum atomic E-state index is 9.10. The van der Waals surface area contributed by atoms with E-state index < -0.39 is 11.9 Å². The fourth-order valence-electron chi connectivity index (χ4n) is 4.66. The Morgan fingerprint density at radius 2 is 1.37 bits per heavy atom. The topological polar surface area (TPSA) is 125 Å². The van der Waals surface area contributed by atoms with Gasteiger partial charge in [0.1, 0.15) is 0 Å². The van der Waals surface area contributed by atoms with Crippen LogP contribution in [0.3, 0.4) is 0 Å². The third-order valence-electron chi connectivity index (χ3n) is 6.42. The number of hydrogen-bond acceptors (Lipinski definition) is 5. The average molecular weight is 516 g/mol. The van der Waals surface area contributed by atoms with E-state index in [-0.39, 0.29) is 5.48 Å². The van der Waals surface area contributed by atoms with Gasteiger partial charge < -0.3 is 25.5 Å². The SMILES string of the molecule is CN(CCCN1c2ccccc2CCc2ccccc21)Cc1ccc2ccccc2n1.O.O=C(O)C(=O)O. The van der Waals surface area contributed by atoms with Gasteiger partial charge in [-0.25, -0.2) is 9.59 Å². The molecular weight excluding hydrogens is 482 g/mol. The van der Waals surface area contributed by atoms with Gasteiger partial charge in [-0.1, -0.05) is 60.7 Å². The first-order chi connectivity index (χ1) is 17.9. The van der Waals surface area contributed by atoms with Crippen LogP contribution in [0.2, 0.25) is 0 Å². The molecule has 198 valence electrons. The molecule has 0 saturated carbocycles. The quantitative estimate of drug-likeness (QED) is 0.366. The molecule has 0 atom stereocenters. The summed E-state index contributed by atoms with van der Waals surface area (Å²) in [6.07, 6.45) is 3.32. The largest absolute Gasteiger partial charge is 0.473 e. The van der Waals surface area contributed by atoms with Crippen molar-refractivity contribution in [2.45, 2.75) is 25.8 Å². The second-order valence-electron chi connectivity index (χ2n) is 9.11. The first-order valence-electron chi connectivity index (χ1n) is 12.3. The molecular formula is C30H33N3O5. The minimum atomic E-state index is -1.82. The second-order valence-corrected chi connectivity index (χ2v) is 9.11. The average Bonchev–Trinajstić information content (AvgIpc) is 3.06. The van der Waals surface area contributed by atoms with Crippen LogP contribution in [0, 0.1) is 0 Å². The number of carboxylic acids is 2. The minimum absolute atomic E-state index is 0. The van der Waals surface area contributed by atoms with Crippen molar-refractivity contribution in [2.24, 2.45) is 0 Å². The summed E-state index contributed by atoms with van der Waals surface area (Å²) in [6.45, 7) is 2.93. The Hall–Kier alpha value is -4.27. The number of carbonyl (C=O) groups is 2. The molecule has 0 aliphatic carbocycles. The van der Waals surface area contributed by atoms with E-state index in [1.807, 2.05) is 0 Å². The normalized spacial score (nSPS) is 11.9. The highest BCUT2D eigenvalue weighted by molar-refractivity contribution is 6.27. The van der Waals surface area contributed by atoms with Crippen LogP contribution >= 0.6 is 0 Å². The summed E-state index contributed by atoms with van der Waals surface area (Å²) >= 11 is 0. The van der Waals surface area contributed by atoms with Crippen molar-refractivity contribution >= 4 is 34.2 Å². The van der Waals surface area contributed by atoms with Crippen LogP contribution in [-0.4, -0.2) is 57.6 Å². The minimum Gasteiger partial charge on any atom is -0.473 e. The smallest absolute Gasteiger partial charge is 0.414 e. The molecule has 1 aromatic heterocycles. The van der Waals surface area contributed by atoms with E-state index in [9.17, 15) is 0 Å². The van der Waals surface area contributed by atoms with Crippen molar-refractivity contribution in [1.82, 2.24) is 9.88 Å². The lowest BCUT2D eigenvalue weighted by molar-refractivity contribution is -0.159. The second kappa shape index (κ2) is 13.3. The van der Waals surface area contributed by atoms with Gasteiger partial charge in [0.2, 0.25) is 0 Å². The Labute approximate surface area is 222 Å². The van der Waals surface area contributed by atoms with Gasteiger partial charge in [0.05, 0.1) is 11.2 Å². The molecule has 0 bridgehead atoms. The molecule has 5 rings (SSSR count). The number of para-hydroxylation sites is 3. The van der Waals surface area contributed by atoms with E-state index >= 15 is 0 Å². The van der Waals surface area contributed by atoms with E-state index in [0.717, 1.165) is 50.1 Å². The Balaban J connectivity index is 0.000000516. The fraction of sp³-hybridized carbons (Fsp3) is 0.233. The number of benzene rings is 3. The lowest BCUT2D eigenvalue weighted by Crippen LogP contribution is -2.26. The van der Waals surface area contributed by atoms with Gasteiger partial charge in [-0.2, -0.15) is 0 Å². The van der Waals surface area contributed by atoms with Gasteiger partial charge in [0, 0.05) is 29.9 Å². The molecule has 0 amide bonds. The molecule has 0 radical (unpaired) electrons. The molecule has 0 fully saturated rings. The molecule has 4 aromatic rings. The molecule has 0 saturated heterocycles. The molecule has 2 heterocycles. The van der Waals surface area contributed by atoms with Crippen LogP contribution < -0.4 is 4.90 Å². The van der Waals surface area contributed by atoms with Crippen molar-refractivity contribution in [3.8, 4) is 0 Å². The Bertz CT molecular complexity index is 1330. The molecule has 1 aliphatic rings. The summed E-state index contributed by atoms with van der Waals surface area (Å²) < 4.78 is 0. The van der Waals surface area contributed by atoms with Crippen LogP contribution in [0.15, 0.2) is 84.9 Å². The highest BCUT2D eigenvalue weighted by Gasteiger charge is 2.19. The number of fused-ring (bicyclic) bond motifs is 3. The number of pyridine rings is 1. The van der Waals surface area contributed by atoms with Gasteiger partial charge in [-0.05, 0) is 68.2 Å². The summed E-state index contributed by atoms with van der Waals surface area (Å²) in [7, 11) is 2.20. The van der Waals surface area contributed by atoms with Crippen molar-refractivity contribution in [3.63, 3.8) is 0 Å². The number of aliphatic carboxylic acids is 2. The summed E-state index contributed by atoms with van der Waals surface area (Å²) in [5.41, 5.74) is 7.84. The number of nitrogens with zero attached hydrogens (tertiary/aromatic N) is 3.